The van der Waals surface area contributed by atoms with Crippen molar-refractivity contribution in [2.45, 2.75) is 25.9 Å². The summed E-state index contributed by atoms with van der Waals surface area (Å²) < 4.78 is 16.3. The van der Waals surface area contributed by atoms with Gasteiger partial charge in [0.25, 0.3) is 5.91 Å². The van der Waals surface area contributed by atoms with E-state index >= 15 is 0 Å². The molecule has 30 heavy (non-hydrogen) atoms. The van der Waals surface area contributed by atoms with Crippen LogP contribution in [0.3, 0.4) is 0 Å². The van der Waals surface area contributed by atoms with Crippen molar-refractivity contribution >= 4 is 12.0 Å². The fraction of sp³-hybridized carbons (Fsp3) is 0.318. The second-order valence-electron chi connectivity index (χ2n) is 6.29. The molecule has 2 N–H and O–H groups in total. The lowest BCUT2D eigenvalue weighted by atomic mass is 10.1. The van der Waals surface area contributed by atoms with E-state index in [1.807, 2.05) is 6.92 Å². The highest BCUT2D eigenvalue weighted by Crippen LogP contribution is 2.27. The van der Waals surface area contributed by atoms with Gasteiger partial charge in [-0.2, -0.15) is 4.89 Å². The molecule has 1 unspecified atom stereocenters. The van der Waals surface area contributed by atoms with Crippen LogP contribution in [0.5, 0.6) is 23.0 Å². The highest BCUT2D eigenvalue weighted by atomic mass is 17.2. The van der Waals surface area contributed by atoms with Gasteiger partial charge in [0.05, 0.1) is 14.2 Å². The predicted molar refractivity (Wildman–Crippen MR) is 111 cm³/mol. The van der Waals surface area contributed by atoms with Crippen molar-refractivity contribution < 1.29 is 34.0 Å². The number of carbonyl (C=O) groups is 1. The van der Waals surface area contributed by atoms with Crippen LogP contribution in [0.4, 0.5) is 0 Å². The summed E-state index contributed by atoms with van der Waals surface area (Å²) in [4.78, 5) is 22.3. The average Bonchev–Trinajstić information content (AvgIpc) is 2.79. The second kappa shape index (κ2) is 12.4. The zero-order valence-corrected chi connectivity index (χ0v) is 17.3. The Hall–Kier alpha value is -3.23. The van der Waals surface area contributed by atoms with Crippen molar-refractivity contribution in [3.8, 4) is 23.0 Å². The van der Waals surface area contributed by atoms with Crippen LogP contribution in [-0.2, 0) is 9.68 Å². The molecule has 1 atom stereocenters. The molecule has 8 heteroatoms. The molecule has 2 aromatic carbocycles. The van der Waals surface area contributed by atoms with Gasteiger partial charge in [-0.15, -0.1) is 0 Å². The Morgan fingerprint density at radius 3 is 2.37 bits per heavy atom. The molecule has 0 aromatic heterocycles. The number of hydrogen-bond donors (Lipinski definition) is 2. The Morgan fingerprint density at radius 1 is 1.07 bits per heavy atom. The summed E-state index contributed by atoms with van der Waals surface area (Å²) in [6.07, 6.45) is 4.01. The highest BCUT2D eigenvalue weighted by molar-refractivity contribution is 5.91. The Kier molecular flexibility index (Phi) is 9.50. The summed E-state index contributed by atoms with van der Waals surface area (Å²) in [5.41, 5.74) is 2.19. The van der Waals surface area contributed by atoms with Gasteiger partial charge in [0, 0.05) is 17.7 Å². The lowest BCUT2D eigenvalue weighted by Gasteiger charge is -2.18. The first-order valence-corrected chi connectivity index (χ1v) is 9.50. The maximum absolute atomic E-state index is 11.3. The van der Waals surface area contributed by atoms with Crippen LogP contribution < -0.4 is 24.6 Å². The standard InChI is InChI=1S/C22H27NO7/c1-4-5-20(30-29-18-11-9-17(26-2)10-12-18)15-28-21-14-19(27-3)8-6-16(21)7-13-22(24)23-25/h6-14,20,25H,4-5,15H2,1-3H3,(H,23,24)/b13-7+. The van der Waals surface area contributed by atoms with Crippen molar-refractivity contribution in [1.82, 2.24) is 5.48 Å². The van der Waals surface area contributed by atoms with E-state index in [-0.39, 0.29) is 12.7 Å². The lowest BCUT2D eigenvalue weighted by molar-refractivity contribution is -0.251. The van der Waals surface area contributed by atoms with Crippen LogP contribution in [0.2, 0.25) is 0 Å². The molecule has 0 aliphatic carbocycles. The third kappa shape index (κ3) is 7.31. The monoisotopic (exact) mass is 417 g/mol. The van der Waals surface area contributed by atoms with Gasteiger partial charge in [-0.1, -0.05) is 13.3 Å². The Morgan fingerprint density at radius 2 is 1.73 bits per heavy atom. The Bertz CT molecular complexity index is 821. The molecule has 0 radical (unpaired) electrons. The molecule has 2 aromatic rings. The number of methoxy groups -OCH3 is 2. The molecule has 8 nitrogen and oxygen atoms in total. The van der Waals surface area contributed by atoms with E-state index in [1.165, 1.54) is 12.2 Å². The first-order valence-electron chi connectivity index (χ1n) is 9.50. The minimum Gasteiger partial charge on any atom is -0.497 e. The fourth-order valence-corrected chi connectivity index (χ4v) is 2.53. The minimum atomic E-state index is -0.642. The largest absolute Gasteiger partial charge is 0.497 e. The van der Waals surface area contributed by atoms with Crippen LogP contribution in [0.15, 0.2) is 48.5 Å². The van der Waals surface area contributed by atoms with Crippen molar-refractivity contribution in [2.75, 3.05) is 20.8 Å². The summed E-state index contributed by atoms with van der Waals surface area (Å²) in [6, 6.07) is 12.3. The summed E-state index contributed by atoms with van der Waals surface area (Å²) in [5, 5.41) is 8.64. The molecule has 0 fully saturated rings. The third-order valence-corrected chi connectivity index (χ3v) is 4.12. The molecule has 1 amide bonds. The molecule has 0 aliphatic heterocycles. The van der Waals surface area contributed by atoms with Crippen LogP contribution in [0.1, 0.15) is 25.3 Å². The van der Waals surface area contributed by atoms with Gasteiger partial charge < -0.3 is 19.1 Å². The number of benzene rings is 2. The van der Waals surface area contributed by atoms with Crippen molar-refractivity contribution in [3.05, 3.63) is 54.1 Å². The van der Waals surface area contributed by atoms with E-state index < -0.39 is 5.91 Å². The SMILES string of the molecule is CCCC(COc1cc(OC)ccc1/C=C/C(=O)NO)OOc1ccc(OC)cc1. The number of amides is 1. The zero-order chi connectivity index (χ0) is 21.8. The molecule has 0 spiro atoms. The normalized spacial score (nSPS) is 11.7. The van der Waals surface area contributed by atoms with Gasteiger partial charge >= 0.3 is 0 Å². The molecule has 2 rings (SSSR count). The van der Waals surface area contributed by atoms with Crippen LogP contribution in [-0.4, -0.2) is 38.0 Å². The fourth-order valence-electron chi connectivity index (χ4n) is 2.53. The van der Waals surface area contributed by atoms with Crippen LogP contribution in [0.25, 0.3) is 6.08 Å². The molecule has 0 bridgehead atoms. The Balaban J connectivity index is 2.04. The van der Waals surface area contributed by atoms with E-state index in [4.69, 9.17) is 29.2 Å². The van der Waals surface area contributed by atoms with E-state index in [0.717, 1.165) is 18.6 Å². The van der Waals surface area contributed by atoms with E-state index in [9.17, 15) is 4.79 Å². The third-order valence-electron chi connectivity index (χ3n) is 4.12. The predicted octanol–water partition coefficient (Wildman–Crippen LogP) is 3.78. The number of ether oxygens (including phenoxy) is 3. The Labute approximate surface area is 175 Å². The molecular weight excluding hydrogens is 390 g/mol. The first kappa shape index (κ1) is 23.1. The van der Waals surface area contributed by atoms with Gasteiger partial charge in [0.2, 0.25) is 0 Å². The average molecular weight is 417 g/mol. The molecular formula is C22H27NO7. The molecule has 162 valence electrons. The van der Waals surface area contributed by atoms with Gasteiger partial charge in [-0.05, 0) is 48.9 Å². The maximum atomic E-state index is 11.3. The number of hydroxylamine groups is 1. The maximum Gasteiger partial charge on any atom is 0.267 e. The number of carbonyl (C=O) groups excluding carboxylic acids is 1. The number of rotatable bonds is 12. The van der Waals surface area contributed by atoms with Crippen LogP contribution >= 0.6 is 0 Å². The van der Waals surface area contributed by atoms with Gasteiger partial charge in [-0.3, -0.25) is 10.0 Å². The summed E-state index contributed by atoms with van der Waals surface area (Å²) in [5.74, 6) is 1.75. The smallest absolute Gasteiger partial charge is 0.267 e. The minimum absolute atomic E-state index is 0.226. The van der Waals surface area contributed by atoms with Gasteiger partial charge in [-0.25, -0.2) is 5.48 Å². The van der Waals surface area contributed by atoms with Gasteiger partial charge in [0.15, 0.2) is 5.75 Å². The number of nitrogens with one attached hydrogen (secondary N) is 1. The highest BCUT2D eigenvalue weighted by Gasteiger charge is 2.14. The second-order valence-corrected chi connectivity index (χ2v) is 6.29. The lowest BCUT2D eigenvalue weighted by Crippen LogP contribution is -2.23. The van der Waals surface area contributed by atoms with Crippen molar-refractivity contribution in [3.63, 3.8) is 0 Å². The summed E-state index contributed by atoms with van der Waals surface area (Å²) >= 11 is 0. The van der Waals surface area contributed by atoms with E-state index in [2.05, 4.69) is 0 Å². The van der Waals surface area contributed by atoms with Gasteiger partial charge in [0.1, 0.15) is 30.0 Å². The zero-order valence-electron chi connectivity index (χ0n) is 17.3. The molecule has 0 saturated carbocycles. The first-order chi connectivity index (χ1) is 14.6. The van der Waals surface area contributed by atoms with E-state index in [1.54, 1.807) is 62.2 Å². The molecule has 0 saturated heterocycles. The van der Waals surface area contributed by atoms with Crippen LogP contribution in [0, 0.1) is 0 Å². The van der Waals surface area contributed by atoms with Crippen molar-refractivity contribution in [2.24, 2.45) is 0 Å². The van der Waals surface area contributed by atoms with Crippen molar-refractivity contribution in [1.29, 1.82) is 0 Å². The molecule has 0 heterocycles. The summed E-state index contributed by atoms with van der Waals surface area (Å²) in [6.45, 7) is 2.27. The summed E-state index contributed by atoms with van der Waals surface area (Å²) in [7, 11) is 3.15. The molecule has 0 aliphatic rings. The number of hydrogen-bond acceptors (Lipinski definition) is 7. The topological polar surface area (TPSA) is 95.5 Å². The quantitative estimate of drug-likeness (QED) is 0.235. The van der Waals surface area contributed by atoms with E-state index in [0.29, 0.717) is 22.8 Å².